The number of benzene rings is 1. The van der Waals surface area contributed by atoms with E-state index in [2.05, 4.69) is 32.3 Å². The van der Waals surface area contributed by atoms with Crippen molar-refractivity contribution >= 4 is 33.1 Å². The summed E-state index contributed by atoms with van der Waals surface area (Å²) in [6, 6.07) is 9.90. The van der Waals surface area contributed by atoms with Crippen LogP contribution in [0.4, 0.5) is 5.69 Å². The highest BCUT2D eigenvalue weighted by Gasteiger charge is 2.20. The lowest BCUT2D eigenvalue weighted by Gasteiger charge is -2.33. The topological polar surface area (TPSA) is 58.1 Å². The first-order valence-corrected chi connectivity index (χ1v) is 9.86. The predicted octanol–water partition coefficient (Wildman–Crippen LogP) is 3.65. The van der Waals surface area contributed by atoms with Crippen molar-refractivity contribution < 1.29 is 4.79 Å². The lowest BCUT2D eigenvalue weighted by molar-refractivity contribution is 0.0945. The summed E-state index contributed by atoms with van der Waals surface area (Å²) in [5, 5.41) is 3.11. The number of pyridine rings is 1. The zero-order valence-corrected chi connectivity index (χ0v) is 15.6. The van der Waals surface area contributed by atoms with Crippen LogP contribution in [0.15, 0.2) is 42.0 Å². The molecule has 26 heavy (non-hydrogen) atoms. The van der Waals surface area contributed by atoms with Gasteiger partial charge in [0.05, 0.1) is 15.7 Å². The lowest BCUT2D eigenvalue weighted by Crippen LogP contribution is -2.38. The van der Waals surface area contributed by atoms with Gasteiger partial charge in [0.25, 0.3) is 5.91 Å². The number of thiazole rings is 1. The van der Waals surface area contributed by atoms with Gasteiger partial charge in [-0.2, -0.15) is 0 Å². The smallest absolute Gasteiger partial charge is 0.251 e. The molecule has 3 heterocycles. The maximum Gasteiger partial charge on any atom is 0.251 e. The molecule has 1 aliphatic heterocycles. The molecule has 2 aromatic heterocycles. The molecule has 1 saturated heterocycles. The molecule has 0 spiro atoms. The summed E-state index contributed by atoms with van der Waals surface area (Å²) in [5.41, 5.74) is 5.77. The van der Waals surface area contributed by atoms with Gasteiger partial charge in [-0.1, -0.05) is 0 Å². The molecule has 0 saturated carbocycles. The Morgan fingerprint density at radius 1 is 1.23 bits per heavy atom. The fourth-order valence-corrected chi connectivity index (χ4v) is 4.17. The van der Waals surface area contributed by atoms with Crippen LogP contribution in [0.2, 0.25) is 0 Å². The summed E-state index contributed by atoms with van der Waals surface area (Å²) in [4.78, 5) is 23.4. The second-order valence-corrected chi connectivity index (χ2v) is 7.72. The van der Waals surface area contributed by atoms with Gasteiger partial charge in [-0.3, -0.25) is 9.78 Å². The Labute approximate surface area is 157 Å². The average Bonchev–Trinajstić information content (AvgIpc) is 3.14. The number of nitrogens with one attached hydrogen (secondary N) is 1. The van der Waals surface area contributed by atoms with Gasteiger partial charge in [0.15, 0.2) is 0 Å². The largest absolute Gasteiger partial charge is 0.371 e. The zero-order chi connectivity index (χ0) is 17.9. The van der Waals surface area contributed by atoms with Gasteiger partial charge in [-0.15, -0.1) is 11.3 Å². The van der Waals surface area contributed by atoms with Crippen LogP contribution >= 0.6 is 11.3 Å². The Morgan fingerprint density at radius 3 is 2.88 bits per heavy atom. The van der Waals surface area contributed by atoms with Crippen LogP contribution in [0.5, 0.6) is 0 Å². The highest BCUT2D eigenvalue weighted by atomic mass is 32.1. The quantitative estimate of drug-likeness (QED) is 0.766. The molecule has 134 valence electrons. The standard InChI is InChI=1S/C20H22N4OS/c1-14-10-17(4-7-21-14)24-8-5-15(6-9-24)12-22-20(25)16-2-3-18-19(11-16)26-13-23-18/h2-4,7,10-11,13,15H,5-6,8-9,12H2,1H3,(H,22,25). The molecule has 0 aliphatic carbocycles. The van der Waals surface area contributed by atoms with E-state index >= 15 is 0 Å². The number of rotatable bonds is 4. The van der Waals surface area contributed by atoms with Crippen molar-refractivity contribution in [1.82, 2.24) is 15.3 Å². The van der Waals surface area contributed by atoms with Gasteiger partial charge in [-0.05, 0) is 56.0 Å². The van der Waals surface area contributed by atoms with E-state index in [4.69, 9.17) is 0 Å². The van der Waals surface area contributed by atoms with Crippen molar-refractivity contribution in [2.75, 3.05) is 24.5 Å². The van der Waals surface area contributed by atoms with Gasteiger partial charge < -0.3 is 10.2 Å². The summed E-state index contributed by atoms with van der Waals surface area (Å²) >= 11 is 1.56. The fourth-order valence-electron chi connectivity index (χ4n) is 3.46. The highest BCUT2D eigenvalue weighted by molar-refractivity contribution is 7.16. The Kier molecular flexibility index (Phi) is 4.84. The van der Waals surface area contributed by atoms with Crippen molar-refractivity contribution in [2.24, 2.45) is 5.92 Å². The number of carbonyl (C=O) groups is 1. The second-order valence-electron chi connectivity index (χ2n) is 6.83. The van der Waals surface area contributed by atoms with Crippen molar-refractivity contribution in [1.29, 1.82) is 0 Å². The fraction of sp³-hybridized carbons (Fsp3) is 0.350. The maximum absolute atomic E-state index is 12.4. The number of hydrogen-bond donors (Lipinski definition) is 1. The molecule has 1 aliphatic rings. The van der Waals surface area contributed by atoms with Crippen LogP contribution in [0, 0.1) is 12.8 Å². The lowest BCUT2D eigenvalue weighted by atomic mass is 9.96. The van der Waals surface area contributed by atoms with Crippen molar-refractivity contribution in [2.45, 2.75) is 19.8 Å². The number of piperidine rings is 1. The van der Waals surface area contributed by atoms with Crippen LogP contribution in [-0.2, 0) is 0 Å². The highest BCUT2D eigenvalue weighted by Crippen LogP contribution is 2.23. The van der Waals surface area contributed by atoms with E-state index in [1.54, 1.807) is 11.3 Å². The number of anilines is 1. The minimum atomic E-state index is 0.00693. The van der Waals surface area contributed by atoms with Crippen LogP contribution < -0.4 is 10.2 Å². The summed E-state index contributed by atoms with van der Waals surface area (Å²) in [5.74, 6) is 0.540. The molecule has 0 bridgehead atoms. The maximum atomic E-state index is 12.4. The van der Waals surface area contributed by atoms with Gasteiger partial charge >= 0.3 is 0 Å². The van der Waals surface area contributed by atoms with E-state index in [-0.39, 0.29) is 5.91 Å². The Balaban J connectivity index is 1.29. The predicted molar refractivity (Wildman–Crippen MR) is 106 cm³/mol. The van der Waals surface area contributed by atoms with Crippen LogP contribution in [0.3, 0.4) is 0 Å². The van der Waals surface area contributed by atoms with Crippen molar-refractivity contribution in [3.63, 3.8) is 0 Å². The first kappa shape index (κ1) is 17.0. The molecule has 6 heteroatoms. The monoisotopic (exact) mass is 366 g/mol. The molecular weight excluding hydrogens is 344 g/mol. The molecule has 1 fully saturated rings. The van der Waals surface area contributed by atoms with Gasteiger partial charge in [0.2, 0.25) is 0 Å². The molecule has 1 N–H and O–H groups in total. The Bertz CT molecular complexity index is 915. The number of hydrogen-bond acceptors (Lipinski definition) is 5. The zero-order valence-electron chi connectivity index (χ0n) is 14.8. The van der Waals surface area contributed by atoms with Gasteiger partial charge in [-0.25, -0.2) is 4.98 Å². The summed E-state index contributed by atoms with van der Waals surface area (Å²) in [6.45, 7) is 4.81. The minimum Gasteiger partial charge on any atom is -0.371 e. The Hall–Kier alpha value is -2.47. The van der Waals surface area contributed by atoms with Gasteiger partial charge in [0.1, 0.15) is 0 Å². The van der Waals surface area contributed by atoms with E-state index in [0.29, 0.717) is 11.5 Å². The van der Waals surface area contributed by atoms with Crippen molar-refractivity contribution in [3.8, 4) is 0 Å². The summed E-state index contributed by atoms with van der Waals surface area (Å²) < 4.78 is 1.05. The number of carbonyl (C=O) groups excluding carboxylic acids is 1. The summed E-state index contributed by atoms with van der Waals surface area (Å²) in [6.07, 6.45) is 4.06. The van der Waals surface area contributed by atoms with Crippen LogP contribution in [-0.4, -0.2) is 35.5 Å². The van der Waals surface area contributed by atoms with Crippen molar-refractivity contribution in [3.05, 3.63) is 53.3 Å². The summed E-state index contributed by atoms with van der Waals surface area (Å²) in [7, 11) is 0. The van der Waals surface area contributed by atoms with E-state index in [0.717, 1.165) is 48.4 Å². The molecule has 4 rings (SSSR count). The minimum absolute atomic E-state index is 0.00693. The van der Waals surface area contributed by atoms with E-state index in [9.17, 15) is 4.79 Å². The van der Waals surface area contributed by atoms with Crippen LogP contribution in [0.1, 0.15) is 28.9 Å². The number of fused-ring (bicyclic) bond motifs is 1. The number of aryl methyl sites for hydroxylation is 1. The van der Waals surface area contributed by atoms with E-state index < -0.39 is 0 Å². The first-order valence-electron chi connectivity index (χ1n) is 8.98. The van der Waals surface area contributed by atoms with Gasteiger partial charge in [0, 0.05) is 42.8 Å². The molecule has 0 unspecified atom stereocenters. The molecule has 0 atom stereocenters. The second kappa shape index (κ2) is 7.41. The number of nitrogens with zero attached hydrogens (tertiary/aromatic N) is 3. The molecular formula is C20H22N4OS. The normalized spacial score (nSPS) is 15.3. The number of amides is 1. The van der Waals surface area contributed by atoms with E-state index in [1.807, 2.05) is 36.8 Å². The molecule has 1 aromatic carbocycles. The van der Waals surface area contributed by atoms with E-state index in [1.165, 1.54) is 5.69 Å². The third-order valence-corrected chi connectivity index (χ3v) is 5.80. The molecule has 5 nitrogen and oxygen atoms in total. The molecule has 0 radical (unpaired) electrons. The Morgan fingerprint density at radius 2 is 2.08 bits per heavy atom. The van der Waals surface area contributed by atoms with Crippen LogP contribution in [0.25, 0.3) is 10.2 Å². The molecule has 3 aromatic rings. The SMILES string of the molecule is Cc1cc(N2CCC(CNC(=O)c3ccc4ncsc4c3)CC2)ccn1. The third-order valence-electron chi connectivity index (χ3n) is 5.00. The number of aromatic nitrogens is 2. The average molecular weight is 366 g/mol. The first-order chi connectivity index (χ1) is 12.7. The molecule has 1 amide bonds. The third kappa shape index (κ3) is 3.70.